The molecular weight excluding hydrogens is 415 g/mol. The number of benzene rings is 1. The monoisotopic (exact) mass is 434 g/mol. The molecule has 0 radical (unpaired) electrons. The molecule has 138 valence electrons. The first kappa shape index (κ1) is 20.0. The summed E-state index contributed by atoms with van der Waals surface area (Å²) in [7, 11) is 0. The number of amides is 2. The summed E-state index contributed by atoms with van der Waals surface area (Å²) in [6.45, 7) is 8.33. The van der Waals surface area contributed by atoms with Gasteiger partial charge in [-0.15, -0.1) is 0 Å². The lowest BCUT2D eigenvalue weighted by Gasteiger charge is -2.40. The lowest BCUT2D eigenvalue weighted by molar-refractivity contribution is 0.00198. The lowest BCUT2D eigenvalue weighted by Crippen LogP contribution is -2.56. The SMILES string of the molecule is C[C@H]1CN(C(=O)c2cc(F)c(Cl)c(Br)c2)CCN1C(=O)OC(C)(C)C. The van der Waals surface area contributed by atoms with Crippen LogP contribution in [0.5, 0.6) is 0 Å². The van der Waals surface area contributed by atoms with Crippen molar-refractivity contribution in [3.05, 3.63) is 33.0 Å². The van der Waals surface area contributed by atoms with Crippen LogP contribution in [0.3, 0.4) is 0 Å². The number of ether oxygens (including phenoxy) is 1. The van der Waals surface area contributed by atoms with Crippen LogP contribution in [0.4, 0.5) is 9.18 Å². The van der Waals surface area contributed by atoms with Crippen molar-refractivity contribution in [3.63, 3.8) is 0 Å². The molecule has 0 bridgehead atoms. The molecule has 1 fully saturated rings. The number of rotatable bonds is 1. The molecule has 8 heteroatoms. The zero-order valence-electron chi connectivity index (χ0n) is 14.6. The summed E-state index contributed by atoms with van der Waals surface area (Å²) in [4.78, 5) is 28.1. The molecule has 1 saturated heterocycles. The molecule has 0 unspecified atom stereocenters. The summed E-state index contributed by atoms with van der Waals surface area (Å²) in [5.74, 6) is -0.952. The van der Waals surface area contributed by atoms with Crippen molar-refractivity contribution in [3.8, 4) is 0 Å². The number of nitrogens with zero attached hydrogens (tertiary/aromatic N) is 2. The average Bonchev–Trinajstić information content (AvgIpc) is 2.49. The van der Waals surface area contributed by atoms with Gasteiger partial charge in [-0.1, -0.05) is 11.6 Å². The van der Waals surface area contributed by atoms with Gasteiger partial charge in [0.15, 0.2) is 0 Å². The zero-order valence-corrected chi connectivity index (χ0v) is 16.9. The van der Waals surface area contributed by atoms with E-state index in [1.807, 2.05) is 27.7 Å². The molecule has 0 aliphatic carbocycles. The van der Waals surface area contributed by atoms with Crippen molar-refractivity contribution < 1.29 is 18.7 Å². The van der Waals surface area contributed by atoms with E-state index in [4.69, 9.17) is 16.3 Å². The first-order valence-electron chi connectivity index (χ1n) is 7.93. The van der Waals surface area contributed by atoms with Gasteiger partial charge in [-0.05, 0) is 55.8 Å². The number of carbonyl (C=O) groups is 2. The Morgan fingerprint density at radius 3 is 2.48 bits per heavy atom. The van der Waals surface area contributed by atoms with E-state index in [1.54, 1.807) is 9.80 Å². The minimum atomic E-state index is -0.653. The van der Waals surface area contributed by atoms with Crippen molar-refractivity contribution in [2.45, 2.75) is 39.3 Å². The van der Waals surface area contributed by atoms with E-state index < -0.39 is 17.5 Å². The first-order chi connectivity index (χ1) is 11.5. The smallest absolute Gasteiger partial charge is 0.410 e. The van der Waals surface area contributed by atoms with Crippen LogP contribution in [0.1, 0.15) is 38.1 Å². The summed E-state index contributed by atoms with van der Waals surface area (Å²) in [6, 6.07) is 2.42. The van der Waals surface area contributed by atoms with Gasteiger partial charge in [0.05, 0.1) is 5.02 Å². The van der Waals surface area contributed by atoms with E-state index in [0.717, 1.165) is 6.07 Å². The maximum absolute atomic E-state index is 13.8. The topological polar surface area (TPSA) is 49.9 Å². The Kier molecular flexibility index (Phi) is 5.99. The largest absolute Gasteiger partial charge is 0.444 e. The summed E-state index contributed by atoms with van der Waals surface area (Å²) in [5.41, 5.74) is -0.358. The Labute approximate surface area is 160 Å². The van der Waals surface area contributed by atoms with Crippen LogP contribution in [0.25, 0.3) is 0 Å². The van der Waals surface area contributed by atoms with E-state index in [2.05, 4.69) is 15.9 Å². The van der Waals surface area contributed by atoms with Gasteiger partial charge < -0.3 is 14.5 Å². The molecule has 1 aromatic carbocycles. The third kappa shape index (κ3) is 4.85. The second-order valence-electron chi connectivity index (χ2n) is 7.03. The fourth-order valence-electron chi connectivity index (χ4n) is 2.60. The third-order valence-corrected chi connectivity index (χ3v) is 5.01. The highest BCUT2D eigenvalue weighted by atomic mass is 79.9. The fraction of sp³-hybridized carbons (Fsp3) is 0.529. The van der Waals surface area contributed by atoms with Gasteiger partial charge in [0.25, 0.3) is 5.91 Å². The van der Waals surface area contributed by atoms with Crippen LogP contribution >= 0.6 is 27.5 Å². The molecule has 1 aliphatic rings. The van der Waals surface area contributed by atoms with Crippen LogP contribution in [0, 0.1) is 5.82 Å². The maximum Gasteiger partial charge on any atom is 0.410 e. The molecule has 0 aromatic heterocycles. The standard InChI is InChI=1S/C17H21BrClFN2O3/c1-10-9-21(5-6-22(10)16(24)25-17(2,3)4)15(23)11-7-12(18)14(19)13(20)8-11/h7-8,10H,5-6,9H2,1-4H3/t10-/m0/s1. The molecule has 1 heterocycles. The van der Waals surface area contributed by atoms with E-state index in [9.17, 15) is 14.0 Å². The predicted octanol–water partition coefficient (Wildman–Crippen LogP) is 4.32. The van der Waals surface area contributed by atoms with Crippen LogP contribution < -0.4 is 0 Å². The average molecular weight is 436 g/mol. The van der Waals surface area contributed by atoms with Crippen molar-refractivity contribution in [1.82, 2.24) is 9.80 Å². The predicted molar refractivity (Wildman–Crippen MR) is 97.4 cm³/mol. The van der Waals surface area contributed by atoms with Crippen LogP contribution in [-0.2, 0) is 4.74 Å². The summed E-state index contributed by atoms with van der Waals surface area (Å²) in [6.07, 6.45) is -0.396. The molecule has 2 amide bonds. The maximum atomic E-state index is 13.8. The molecule has 1 aliphatic heterocycles. The molecule has 5 nitrogen and oxygen atoms in total. The Morgan fingerprint density at radius 2 is 1.96 bits per heavy atom. The molecule has 0 saturated carbocycles. The summed E-state index contributed by atoms with van der Waals surface area (Å²) < 4.78 is 19.5. The van der Waals surface area contributed by atoms with Crippen molar-refractivity contribution in [2.75, 3.05) is 19.6 Å². The Hall–Kier alpha value is -1.34. The molecule has 0 N–H and O–H groups in total. The Morgan fingerprint density at radius 1 is 1.32 bits per heavy atom. The number of halogens is 3. The van der Waals surface area contributed by atoms with Gasteiger partial charge in [-0.2, -0.15) is 0 Å². The number of hydrogen-bond acceptors (Lipinski definition) is 3. The van der Waals surface area contributed by atoms with Gasteiger partial charge in [0, 0.05) is 35.7 Å². The van der Waals surface area contributed by atoms with Crippen molar-refractivity contribution in [1.29, 1.82) is 0 Å². The number of hydrogen-bond donors (Lipinski definition) is 0. The molecule has 0 spiro atoms. The summed E-state index contributed by atoms with van der Waals surface area (Å²) >= 11 is 8.91. The highest BCUT2D eigenvalue weighted by molar-refractivity contribution is 9.10. The van der Waals surface area contributed by atoms with Crippen LogP contribution in [0.2, 0.25) is 5.02 Å². The van der Waals surface area contributed by atoms with Gasteiger partial charge >= 0.3 is 6.09 Å². The highest BCUT2D eigenvalue weighted by Crippen LogP contribution is 2.28. The number of carbonyl (C=O) groups excluding carboxylic acids is 2. The van der Waals surface area contributed by atoms with Gasteiger partial charge in [-0.25, -0.2) is 9.18 Å². The number of piperazine rings is 1. The van der Waals surface area contributed by atoms with Crippen LogP contribution in [0.15, 0.2) is 16.6 Å². The molecule has 2 rings (SSSR count). The fourth-order valence-corrected chi connectivity index (χ4v) is 3.14. The van der Waals surface area contributed by atoms with Gasteiger partial charge in [-0.3, -0.25) is 4.79 Å². The van der Waals surface area contributed by atoms with Crippen molar-refractivity contribution >= 4 is 39.5 Å². The minimum Gasteiger partial charge on any atom is -0.444 e. The normalized spacial score (nSPS) is 18.3. The minimum absolute atomic E-state index is 0.0559. The summed E-state index contributed by atoms with van der Waals surface area (Å²) in [5, 5.41) is -0.0559. The van der Waals surface area contributed by atoms with E-state index in [-0.39, 0.29) is 22.5 Å². The quantitative estimate of drug-likeness (QED) is 0.617. The van der Waals surface area contributed by atoms with E-state index in [0.29, 0.717) is 24.1 Å². The highest BCUT2D eigenvalue weighted by Gasteiger charge is 2.33. The van der Waals surface area contributed by atoms with Gasteiger partial charge in [0.1, 0.15) is 11.4 Å². The molecule has 25 heavy (non-hydrogen) atoms. The molecular formula is C17H21BrClFN2O3. The second kappa shape index (κ2) is 7.50. The second-order valence-corrected chi connectivity index (χ2v) is 8.26. The van der Waals surface area contributed by atoms with Gasteiger partial charge in [0.2, 0.25) is 0 Å². The first-order valence-corrected chi connectivity index (χ1v) is 9.10. The Bertz CT molecular complexity index is 670. The third-order valence-electron chi connectivity index (χ3n) is 3.77. The lowest BCUT2D eigenvalue weighted by atomic mass is 10.1. The zero-order chi connectivity index (χ0) is 18.9. The van der Waals surface area contributed by atoms with Crippen LogP contribution in [-0.4, -0.2) is 53.1 Å². The molecule has 1 atom stereocenters. The van der Waals surface area contributed by atoms with E-state index in [1.165, 1.54) is 6.07 Å². The van der Waals surface area contributed by atoms with E-state index >= 15 is 0 Å². The molecule has 1 aromatic rings. The Balaban J connectivity index is 2.07. The van der Waals surface area contributed by atoms with Crippen molar-refractivity contribution in [2.24, 2.45) is 0 Å².